The fraction of sp³-hybridized carbons (Fsp3) is 0.765. The Morgan fingerprint density at radius 2 is 1.57 bits per heavy atom. The molecule has 4 atom stereocenters. The van der Waals surface area contributed by atoms with Gasteiger partial charge in [-0.05, 0) is 43.9 Å². The lowest BCUT2D eigenvalue weighted by molar-refractivity contribution is -0.166. The van der Waals surface area contributed by atoms with Gasteiger partial charge in [-0.1, -0.05) is 31.9 Å². The van der Waals surface area contributed by atoms with Crippen molar-refractivity contribution in [2.24, 2.45) is 29.1 Å². The number of fused-ring (bicyclic) bond motifs is 2. The molecule has 4 heteroatoms. The number of esters is 1. The van der Waals surface area contributed by atoms with Crippen LogP contribution in [0.3, 0.4) is 0 Å². The van der Waals surface area contributed by atoms with Gasteiger partial charge < -0.3 is 9.84 Å². The van der Waals surface area contributed by atoms with Crippen molar-refractivity contribution in [3.8, 4) is 0 Å². The predicted molar refractivity (Wildman–Crippen MR) is 79.6 cm³/mol. The summed E-state index contributed by atoms with van der Waals surface area (Å²) < 4.78 is 5.44. The number of carbonyl (C=O) groups is 2. The van der Waals surface area contributed by atoms with E-state index < -0.39 is 17.8 Å². The van der Waals surface area contributed by atoms with Crippen molar-refractivity contribution >= 4 is 11.9 Å². The van der Waals surface area contributed by atoms with Crippen LogP contribution < -0.4 is 0 Å². The highest BCUT2D eigenvalue weighted by atomic mass is 16.5. The van der Waals surface area contributed by atoms with Crippen LogP contribution >= 0.6 is 0 Å². The van der Waals surface area contributed by atoms with Gasteiger partial charge in [0.05, 0.1) is 18.4 Å². The number of aliphatic carboxylic acids is 1. The van der Waals surface area contributed by atoms with E-state index in [0.29, 0.717) is 6.61 Å². The molecule has 0 heterocycles. The lowest BCUT2D eigenvalue weighted by atomic mass is 9.57. The molecule has 4 nitrogen and oxygen atoms in total. The lowest BCUT2D eigenvalue weighted by Gasteiger charge is -2.46. The number of allylic oxidation sites excluding steroid dienone is 2. The molecule has 4 unspecified atom stereocenters. The Kier molecular flexibility index (Phi) is 4.18. The molecule has 118 valence electrons. The van der Waals surface area contributed by atoms with Crippen molar-refractivity contribution < 1.29 is 19.4 Å². The van der Waals surface area contributed by atoms with E-state index in [1.54, 1.807) is 0 Å². The predicted octanol–water partition coefficient (Wildman–Crippen LogP) is 3.27. The first-order valence-corrected chi connectivity index (χ1v) is 7.70. The molecule has 1 N–H and O–H groups in total. The van der Waals surface area contributed by atoms with Gasteiger partial charge in [0.2, 0.25) is 0 Å². The average Bonchev–Trinajstić information content (AvgIpc) is 2.39. The van der Waals surface area contributed by atoms with Crippen LogP contribution in [0.1, 0.15) is 47.5 Å². The first-order chi connectivity index (χ1) is 9.63. The highest BCUT2D eigenvalue weighted by Gasteiger charge is 2.52. The number of ether oxygens (including phenoxy) is 1. The smallest absolute Gasteiger partial charge is 0.310 e. The summed E-state index contributed by atoms with van der Waals surface area (Å²) in [6, 6.07) is 0. The minimum absolute atomic E-state index is 0.0142. The molecule has 0 aromatic rings. The van der Waals surface area contributed by atoms with Gasteiger partial charge >= 0.3 is 11.9 Å². The van der Waals surface area contributed by atoms with Crippen LogP contribution in [0.2, 0.25) is 0 Å². The average molecular weight is 294 g/mol. The molecule has 0 aliphatic heterocycles. The molecule has 3 aliphatic rings. The van der Waals surface area contributed by atoms with E-state index in [1.807, 2.05) is 34.6 Å². The molecule has 2 bridgehead atoms. The third-order valence-electron chi connectivity index (χ3n) is 4.98. The molecule has 0 spiro atoms. The lowest BCUT2D eigenvalue weighted by Crippen LogP contribution is -2.49. The van der Waals surface area contributed by atoms with Gasteiger partial charge in [0.1, 0.15) is 0 Å². The van der Waals surface area contributed by atoms with E-state index in [1.165, 1.54) is 11.1 Å². The molecule has 0 radical (unpaired) electrons. The van der Waals surface area contributed by atoms with Crippen LogP contribution in [0.5, 0.6) is 0 Å². The zero-order valence-corrected chi connectivity index (χ0v) is 13.6. The molecule has 1 fully saturated rings. The Balaban J connectivity index is 2.25. The first-order valence-electron chi connectivity index (χ1n) is 7.70. The summed E-state index contributed by atoms with van der Waals surface area (Å²) in [6.45, 7) is 10.4. The monoisotopic (exact) mass is 294 g/mol. The zero-order valence-electron chi connectivity index (χ0n) is 13.6. The van der Waals surface area contributed by atoms with Crippen molar-refractivity contribution in [2.45, 2.75) is 47.5 Å². The van der Waals surface area contributed by atoms with Crippen LogP contribution in [0.25, 0.3) is 0 Å². The normalized spacial score (nSPS) is 32.2. The molecule has 21 heavy (non-hydrogen) atoms. The van der Waals surface area contributed by atoms with E-state index in [2.05, 4.69) is 0 Å². The molecule has 0 aromatic carbocycles. The SMILES string of the molecule is CC1=C(C)C2CCC1C(C(=O)O)C2C(=O)OCC(C)(C)C. The van der Waals surface area contributed by atoms with Crippen molar-refractivity contribution in [3.63, 3.8) is 0 Å². The molecule has 3 rings (SSSR count). The summed E-state index contributed by atoms with van der Waals surface area (Å²) in [5.41, 5.74) is 2.25. The fourth-order valence-electron chi connectivity index (χ4n) is 3.80. The maximum Gasteiger partial charge on any atom is 0.310 e. The maximum absolute atomic E-state index is 12.5. The van der Waals surface area contributed by atoms with Crippen LogP contribution in [0, 0.1) is 29.1 Å². The van der Waals surface area contributed by atoms with Crippen molar-refractivity contribution in [2.75, 3.05) is 6.61 Å². The Morgan fingerprint density at radius 3 is 2.00 bits per heavy atom. The van der Waals surface area contributed by atoms with Crippen molar-refractivity contribution in [1.29, 1.82) is 0 Å². The maximum atomic E-state index is 12.5. The minimum Gasteiger partial charge on any atom is -0.481 e. The summed E-state index contributed by atoms with van der Waals surface area (Å²) in [6.07, 6.45) is 1.76. The molecule has 1 saturated carbocycles. The van der Waals surface area contributed by atoms with Gasteiger partial charge in [-0.25, -0.2) is 0 Å². The third-order valence-corrected chi connectivity index (χ3v) is 4.98. The summed E-state index contributed by atoms with van der Waals surface area (Å²) in [4.78, 5) is 24.2. The van der Waals surface area contributed by atoms with Gasteiger partial charge in [-0.15, -0.1) is 0 Å². The van der Waals surface area contributed by atoms with Crippen LogP contribution in [-0.4, -0.2) is 23.7 Å². The number of hydrogen-bond acceptors (Lipinski definition) is 3. The van der Waals surface area contributed by atoms with E-state index in [0.717, 1.165) is 12.8 Å². The number of carboxylic acids is 1. The van der Waals surface area contributed by atoms with Crippen LogP contribution in [-0.2, 0) is 14.3 Å². The fourth-order valence-corrected chi connectivity index (χ4v) is 3.80. The molecular formula is C17H26O4. The summed E-state index contributed by atoms with van der Waals surface area (Å²) in [5, 5.41) is 9.58. The van der Waals surface area contributed by atoms with E-state index in [9.17, 15) is 14.7 Å². The number of hydrogen-bond donors (Lipinski definition) is 1. The van der Waals surface area contributed by atoms with Crippen molar-refractivity contribution in [3.05, 3.63) is 11.1 Å². The summed E-state index contributed by atoms with van der Waals surface area (Å²) >= 11 is 0. The Labute approximate surface area is 126 Å². The molecule has 0 amide bonds. The summed E-state index contributed by atoms with van der Waals surface area (Å²) in [5.74, 6) is -2.33. The Hall–Kier alpha value is -1.32. The molecule has 0 aromatic heterocycles. The van der Waals surface area contributed by atoms with Gasteiger partial charge in [-0.2, -0.15) is 0 Å². The standard InChI is InChI=1S/C17H26O4/c1-9-10(2)12-7-6-11(9)13(15(18)19)14(12)16(20)21-8-17(3,4)5/h11-14H,6-8H2,1-5H3,(H,18,19). The number of rotatable bonds is 3. The van der Waals surface area contributed by atoms with Gasteiger partial charge in [0.15, 0.2) is 0 Å². The molecular weight excluding hydrogens is 268 g/mol. The van der Waals surface area contributed by atoms with Gasteiger partial charge in [0, 0.05) is 0 Å². The second-order valence-corrected chi connectivity index (χ2v) is 7.71. The summed E-state index contributed by atoms with van der Waals surface area (Å²) in [7, 11) is 0. The topological polar surface area (TPSA) is 63.6 Å². The van der Waals surface area contributed by atoms with E-state index in [4.69, 9.17) is 4.74 Å². The Morgan fingerprint density at radius 1 is 1.10 bits per heavy atom. The second kappa shape index (κ2) is 5.47. The number of carboxylic acid groups (broad SMARTS) is 1. The Bertz CT molecular complexity index is 484. The number of carbonyl (C=O) groups excluding carboxylic acids is 1. The van der Waals surface area contributed by atoms with E-state index in [-0.39, 0.29) is 23.2 Å². The second-order valence-electron chi connectivity index (χ2n) is 7.71. The minimum atomic E-state index is -0.866. The highest BCUT2D eigenvalue weighted by molar-refractivity contribution is 5.83. The van der Waals surface area contributed by atoms with Gasteiger partial charge in [-0.3, -0.25) is 9.59 Å². The van der Waals surface area contributed by atoms with Crippen molar-refractivity contribution in [1.82, 2.24) is 0 Å². The quantitative estimate of drug-likeness (QED) is 0.641. The van der Waals surface area contributed by atoms with Crippen LogP contribution in [0.15, 0.2) is 11.1 Å². The van der Waals surface area contributed by atoms with E-state index >= 15 is 0 Å². The largest absolute Gasteiger partial charge is 0.481 e. The van der Waals surface area contributed by atoms with Gasteiger partial charge in [0.25, 0.3) is 0 Å². The molecule has 0 saturated heterocycles. The van der Waals surface area contributed by atoms with Crippen LogP contribution in [0.4, 0.5) is 0 Å². The highest BCUT2D eigenvalue weighted by Crippen LogP contribution is 2.52. The first kappa shape index (κ1) is 16.1. The third kappa shape index (κ3) is 2.99. The molecule has 3 aliphatic carbocycles. The zero-order chi connectivity index (χ0) is 15.9.